The van der Waals surface area contributed by atoms with E-state index in [9.17, 15) is 4.79 Å². The molecule has 0 saturated heterocycles. The molecule has 0 aromatic rings. The number of Topliss-reactive ketones (excluding diaryl/α,β-unsaturated/α-hetero) is 1. The van der Waals surface area contributed by atoms with Crippen LogP contribution in [0.15, 0.2) is 0 Å². The first-order valence-electron chi connectivity index (χ1n) is 5.84. The molecule has 0 spiro atoms. The van der Waals surface area contributed by atoms with Crippen molar-refractivity contribution in [2.24, 2.45) is 17.1 Å². The summed E-state index contributed by atoms with van der Waals surface area (Å²) in [6.45, 7) is 4.96. The van der Waals surface area contributed by atoms with E-state index in [1.807, 2.05) is 0 Å². The molecule has 0 aliphatic heterocycles. The van der Waals surface area contributed by atoms with Crippen molar-refractivity contribution in [3.05, 3.63) is 0 Å². The topological polar surface area (TPSA) is 43.1 Å². The van der Waals surface area contributed by atoms with E-state index < -0.39 is 0 Å². The van der Waals surface area contributed by atoms with Crippen molar-refractivity contribution in [2.75, 3.05) is 6.54 Å². The minimum Gasteiger partial charge on any atom is -0.329 e. The van der Waals surface area contributed by atoms with Gasteiger partial charge < -0.3 is 5.73 Å². The van der Waals surface area contributed by atoms with Gasteiger partial charge >= 0.3 is 0 Å². The van der Waals surface area contributed by atoms with Gasteiger partial charge in [-0.15, -0.1) is 0 Å². The molecular formula is C12H23NO. The third-order valence-electron chi connectivity index (χ3n) is 3.48. The molecule has 0 bridgehead atoms. The molecule has 0 atom stereocenters. The lowest BCUT2D eigenvalue weighted by atomic mass is 9.65. The maximum Gasteiger partial charge on any atom is 0.140 e. The van der Waals surface area contributed by atoms with Gasteiger partial charge in [0.1, 0.15) is 5.78 Å². The van der Waals surface area contributed by atoms with E-state index in [1.165, 1.54) is 6.42 Å². The van der Waals surface area contributed by atoms with Crippen molar-refractivity contribution in [1.29, 1.82) is 0 Å². The summed E-state index contributed by atoms with van der Waals surface area (Å²) < 4.78 is 0. The molecule has 0 heterocycles. The van der Waals surface area contributed by atoms with E-state index in [1.54, 1.807) is 0 Å². The number of hydrogen-bond donors (Lipinski definition) is 1. The molecule has 2 N–H and O–H groups in total. The van der Waals surface area contributed by atoms with Crippen LogP contribution in [0.4, 0.5) is 0 Å². The summed E-state index contributed by atoms with van der Waals surface area (Å²) in [6, 6.07) is 0. The van der Waals surface area contributed by atoms with E-state index in [4.69, 9.17) is 5.73 Å². The summed E-state index contributed by atoms with van der Waals surface area (Å²) in [7, 11) is 0. The Bertz CT molecular complexity index is 189. The molecule has 0 amide bonds. The zero-order chi connectivity index (χ0) is 10.6. The molecule has 1 fully saturated rings. The van der Waals surface area contributed by atoms with Crippen LogP contribution < -0.4 is 5.73 Å². The van der Waals surface area contributed by atoms with E-state index in [0.717, 1.165) is 32.1 Å². The van der Waals surface area contributed by atoms with Gasteiger partial charge in [-0.05, 0) is 25.2 Å². The Hall–Kier alpha value is -0.370. The van der Waals surface area contributed by atoms with Crippen LogP contribution in [0.2, 0.25) is 0 Å². The molecule has 1 saturated carbocycles. The summed E-state index contributed by atoms with van der Waals surface area (Å²) in [4.78, 5) is 11.9. The number of ketones is 1. The Morgan fingerprint density at radius 2 is 2.07 bits per heavy atom. The molecule has 0 radical (unpaired) electrons. The molecule has 0 aromatic heterocycles. The fourth-order valence-electron chi connectivity index (χ4n) is 2.14. The molecule has 82 valence electrons. The Balaban J connectivity index is 2.27. The Labute approximate surface area is 87.2 Å². The number of carbonyl (C=O) groups is 1. The van der Waals surface area contributed by atoms with Crippen LogP contribution >= 0.6 is 0 Å². The zero-order valence-corrected chi connectivity index (χ0v) is 9.51. The van der Waals surface area contributed by atoms with Gasteiger partial charge in [0.15, 0.2) is 0 Å². The average molecular weight is 197 g/mol. The molecule has 0 unspecified atom stereocenters. The van der Waals surface area contributed by atoms with Crippen molar-refractivity contribution in [3.63, 3.8) is 0 Å². The standard InChI is InChI=1S/C12H23NO/c1-10(2)5-3-6-11(14)12(9-13)7-4-8-12/h10H,3-9,13H2,1-2H3. The van der Waals surface area contributed by atoms with Crippen molar-refractivity contribution in [3.8, 4) is 0 Å². The zero-order valence-electron chi connectivity index (χ0n) is 9.51. The molecule has 1 rings (SSSR count). The van der Waals surface area contributed by atoms with Gasteiger partial charge in [0.05, 0.1) is 0 Å². The predicted octanol–water partition coefficient (Wildman–Crippen LogP) is 2.51. The highest BCUT2D eigenvalue weighted by atomic mass is 16.1. The minimum absolute atomic E-state index is 0.100. The fourth-order valence-corrected chi connectivity index (χ4v) is 2.14. The first-order valence-corrected chi connectivity index (χ1v) is 5.84. The highest BCUT2D eigenvalue weighted by Gasteiger charge is 2.41. The second-order valence-electron chi connectivity index (χ2n) is 5.05. The second kappa shape index (κ2) is 4.92. The van der Waals surface area contributed by atoms with Gasteiger partial charge in [0, 0.05) is 18.4 Å². The van der Waals surface area contributed by atoms with Crippen LogP contribution in [0, 0.1) is 11.3 Å². The fraction of sp³-hybridized carbons (Fsp3) is 0.917. The minimum atomic E-state index is -0.100. The molecule has 1 aliphatic rings. The summed E-state index contributed by atoms with van der Waals surface area (Å²) in [5, 5.41) is 0. The lowest BCUT2D eigenvalue weighted by molar-refractivity contribution is -0.132. The monoisotopic (exact) mass is 197 g/mol. The SMILES string of the molecule is CC(C)CCCC(=O)C1(CN)CCC1. The lowest BCUT2D eigenvalue weighted by Crippen LogP contribution is -2.44. The second-order valence-corrected chi connectivity index (χ2v) is 5.05. The maximum absolute atomic E-state index is 11.9. The van der Waals surface area contributed by atoms with Gasteiger partial charge in [-0.1, -0.05) is 26.7 Å². The molecule has 1 aliphatic carbocycles. The largest absolute Gasteiger partial charge is 0.329 e. The quantitative estimate of drug-likeness (QED) is 0.711. The number of nitrogens with two attached hydrogens (primary N) is 1. The summed E-state index contributed by atoms with van der Waals surface area (Å²) in [5.74, 6) is 1.13. The van der Waals surface area contributed by atoms with Crippen molar-refractivity contribution in [2.45, 2.75) is 52.4 Å². The molecule has 14 heavy (non-hydrogen) atoms. The summed E-state index contributed by atoms with van der Waals surface area (Å²) in [6.07, 6.45) is 6.20. The van der Waals surface area contributed by atoms with Crippen LogP contribution in [0.25, 0.3) is 0 Å². The van der Waals surface area contributed by atoms with Gasteiger partial charge in [0.25, 0.3) is 0 Å². The third kappa shape index (κ3) is 2.57. The highest BCUT2D eigenvalue weighted by Crippen LogP contribution is 2.41. The number of rotatable bonds is 6. The van der Waals surface area contributed by atoms with Crippen LogP contribution in [-0.4, -0.2) is 12.3 Å². The Kier molecular flexibility index (Phi) is 4.11. The lowest BCUT2D eigenvalue weighted by Gasteiger charge is -2.39. The van der Waals surface area contributed by atoms with Gasteiger partial charge in [-0.2, -0.15) is 0 Å². The van der Waals surface area contributed by atoms with E-state index in [2.05, 4.69) is 13.8 Å². The van der Waals surface area contributed by atoms with E-state index in [-0.39, 0.29) is 5.41 Å². The van der Waals surface area contributed by atoms with Gasteiger partial charge in [-0.3, -0.25) is 4.79 Å². The van der Waals surface area contributed by atoms with Crippen molar-refractivity contribution in [1.82, 2.24) is 0 Å². The summed E-state index contributed by atoms with van der Waals surface area (Å²) in [5.41, 5.74) is 5.58. The smallest absolute Gasteiger partial charge is 0.140 e. The normalized spacial score (nSPS) is 19.4. The predicted molar refractivity (Wildman–Crippen MR) is 59.0 cm³/mol. The van der Waals surface area contributed by atoms with Crippen molar-refractivity contribution < 1.29 is 4.79 Å². The van der Waals surface area contributed by atoms with Crippen LogP contribution in [0.1, 0.15) is 52.4 Å². The molecule has 0 aromatic carbocycles. The van der Waals surface area contributed by atoms with E-state index >= 15 is 0 Å². The Morgan fingerprint density at radius 1 is 1.43 bits per heavy atom. The third-order valence-corrected chi connectivity index (χ3v) is 3.48. The number of hydrogen-bond acceptors (Lipinski definition) is 2. The van der Waals surface area contributed by atoms with Crippen LogP contribution in [-0.2, 0) is 4.79 Å². The first-order chi connectivity index (χ1) is 6.60. The first kappa shape index (κ1) is 11.7. The Morgan fingerprint density at radius 3 is 2.43 bits per heavy atom. The maximum atomic E-state index is 11.9. The summed E-state index contributed by atoms with van der Waals surface area (Å²) >= 11 is 0. The van der Waals surface area contributed by atoms with E-state index in [0.29, 0.717) is 18.2 Å². The van der Waals surface area contributed by atoms with Gasteiger partial charge in [0.2, 0.25) is 0 Å². The van der Waals surface area contributed by atoms with Crippen LogP contribution in [0.5, 0.6) is 0 Å². The molecule has 2 nitrogen and oxygen atoms in total. The molecular weight excluding hydrogens is 174 g/mol. The number of carbonyl (C=O) groups excluding carboxylic acids is 1. The molecule has 2 heteroatoms. The van der Waals surface area contributed by atoms with Gasteiger partial charge in [-0.25, -0.2) is 0 Å². The van der Waals surface area contributed by atoms with Crippen LogP contribution in [0.3, 0.4) is 0 Å². The highest BCUT2D eigenvalue weighted by molar-refractivity contribution is 5.85. The average Bonchev–Trinajstić information content (AvgIpc) is 2.02. The van der Waals surface area contributed by atoms with Crippen molar-refractivity contribution >= 4 is 5.78 Å².